The van der Waals surface area contributed by atoms with Crippen LogP contribution in [0.4, 0.5) is 0 Å². The molecule has 0 unspecified atom stereocenters. The van der Waals surface area contributed by atoms with Gasteiger partial charge in [0.2, 0.25) is 0 Å². The van der Waals surface area contributed by atoms with Gasteiger partial charge in [-0.25, -0.2) is 0 Å². The minimum absolute atomic E-state index is 0.0694. The van der Waals surface area contributed by atoms with Gasteiger partial charge in [0, 0.05) is 40.7 Å². The lowest BCUT2D eigenvalue weighted by Gasteiger charge is -2.21. The van der Waals surface area contributed by atoms with E-state index in [1.165, 1.54) is 0 Å². The van der Waals surface area contributed by atoms with Gasteiger partial charge in [0.05, 0.1) is 13.7 Å². The first-order valence-electron chi connectivity index (χ1n) is 11.6. The van der Waals surface area contributed by atoms with Crippen LogP contribution in [0.3, 0.4) is 0 Å². The van der Waals surface area contributed by atoms with Gasteiger partial charge in [-0.2, -0.15) is 0 Å². The second-order valence-corrected chi connectivity index (χ2v) is 8.86. The minimum atomic E-state index is -0.0694. The van der Waals surface area contributed by atoms with E-state index in [1.54, 1.807) is 48.7 Å². The fourth-order valence-corrected chi connectivity index (χ4v) is 4.35. The van der Waals surface area contributed by atoms with Gasteiger partial charge in [0.15, 0.2) is 11.5 Å². The fourth-order valence-electron chi connectivity index (χ4n) is 4.16. The monoisotopic (exact) mass is 500 g/mol. The first-order valence-corrected chi connectivity index (χ1v) is 12.0. The number of nitrogens with zero attached hydrogens (tertiary/aromatic N) is 2. The van der Waals surface area contributed by atoms with E-state index in [-0.39, 0.29) is 5.91 Å². The molecule has 2 heterocycles. The highest BCUT2D eigenvalue weighted by molar-refractivity contribution is 6.30. The zero-order valence-electron chi connectivity index (χ0n) is 19.8. The van der Waals surface area contributed by atoms with Crippen LogP contribution in [0.2, 0.25) is 5.02 Å². The van der Waals surface area contributed by atoms with Gasteiger partial charge in [0.25, 0.3) is 5.91 Å². The molecule has 0 fully saturated rings. The Kier molecular flexibility index (Phi) is 7.05. The molecule has 4 aromatic rings. The van der Waals surface area contributed by atoms with Crippen molar-refractivity contribution in [2.24, 2.45) is 0 Å². The lowest BCUT2D eigenvalue weighted by atomic mass is 10.0. The average molecular weight is 501 g/mol. The van der Waals surface area contributed by atoms with Crippen LogP contribution >= 0.6 is 11.6 Å². The Balaban J connectivity index is 1.49. The summed E-state index contributed by atoms with van der Waals surface area (Å²) in [7, 11) is 1.60. The third kappa shape index (κ3) is 5.29. The number of benzene rings is 3. The zero-order valence-corrected chi connectivity index (χ0v) is 20.6. The zero-order chi connectivity index (χ0) is 24.9. The van der Waals surface area contributed by atoms with Gasteiger partial charge < -0.3 is 19.1 Å². The molecule has 0 saturated carbocycles. The van der Waals surface area contributed by atoms with Crippen molar-refractivity contribution in [1.82, 2.24) is 9.88 Å². The van der Waals surface area contributed by atoms with E-state index in [4.69, 9.17) is 25.8 Å². The third-order valence-corrected chi connectivity index (χ3v) is 6.23. The molecule has 1 aliphatic heterocycles. The first-order chi connectivity index (χ1) is 17.6. The third-order valence-electron chi connectivity index (χ3n) is 6.00. The minimum Gasteiger partial charge on any atom is -0.497 e. The van der Waals surface area contributed by atoms with Crippen molar-refractivity contribution >= 4 is 17.5 Å². The molecule has 0 atom stereocenters. The molecular weight excluding hydrogens is 476 g/mol. The van der Waals surface area contributed by atoms with E-state index < -0.39 is 0 Å². The van der Waals surface area contributed by atoms with E-state index in [2.05, 4.69) is 4.98 Å². The van der Waals surface area contributed by atoms with Crippen LogP contribution in [0.5, 0.6) is 17.2 Å². The maximum Gasteiger partial charge on any atom is 0.254 e. The van der Waals surface area contributed by atoms with Crippen LogP contribution in [-0.4, -0.2) is 36.1 Å². The predicted octanol–water partition coefficient (Wildman–Crippen LogP) is 6.02. The Morgan fingerprint density at radius 1 is 1.06 bits per heavy atom. The van der Waals surface area contributed by atoms with Gasteiger partial charge in [-0.1, -0.05) is 29.8 Å². The smallest absolute Gasteiger partial charge is 0.254 e. The summed E-state index contributed by atoms with van der Waals surface area (Å²) in [6.45, 7) is 1.54. The van der Waals surface area contributed by atoms with Crippen molar-refractivity contribution in [3.05, 3.63) is 107 Å². The molecule has 0 bridgehead atoms. The molecular formula is C29H25ClN2O4. The number of amides is 1. The van der Waals surface area contributed by atoms with Crippen molar-refractivity contribution < 1.29 is 19.0 Å². The standard InChI is InChI=1S/C29H25ClN2O4/c1-34-26-9-7-21(8-10-26)29(33)32-12-13-35-28-24(18-32)14-23(22-5-2-6-25(30)15-22)16-27(28)36-19-20-4-3-11-31-17-20/h2-11,14-17H,12-13,18-19H2,1H3. The largest absolute Gasteiger partial charge is 0.497 e. The van der Waals surface area contributed by atoms with Crippen LogP contribution < -0.4 is 14.2 Å². The topological polar surface area (TPSA) is 60.9 Å². The highest BCUT2D eigenvalue weighted by Crippen LogP contribution is 2.39. The van der Waals surface area contributed by atoms with Gasteiger partial charge in [-0.15, -0.1) is 0 Å². The highest BCUT2D eigenvalue weighted by Gasteiger charge is 2.25. The van der Waals surface area contributed by atoms with E-state index in [1.807, 2.05) is 48.5 Å². The summed E-state index contributed by atoms with van der Waals surface area (Å²) in [6.07, 6.45) is 3.50. The molecule has 7 heteroatoms. The lowest BCUT2D eigenvalue weighted by Crippen LogP contribution is -2.32. The van der Waals surface area contributed by atoms with Crippen molar-refractivity contribution in [3.8, 4) is 28.4 Å². The number of carbonyl (C=O) groups is 1. The van der Waals surface area contributed by atoms with Crippen LogP contribution in [0.15, 0.2) is 85.2 Å². The second-order valence-electron chi connectivity index (χ2n) is 8.43. The van der Waals surface area contributed by atoms with Crippen LogP contribution in [0.25, 0.3) is 11.1 Å². The highest BCUT2D eigenvalue weighted by atomic mass is 35.5. The summed E-state index contributed by atoms with van der Waals surface area (Å²) < 4.78 is 17.6. The number of carbonyl (C=O) groups excluding carboxylic acids is 1. The molecule has 0 saturated heterocycles. The quantitative estimate of drug-likeness (QED) is 0.324. The van der Waals surface area contributed by atoms with E-state index in [9.17, 15) is 4.79 Å². The SMILES string of the molecule is COc1ccc(C(=O)N2CCOc3c(cc(-c4cccc(Cl)c4)cc3OCc3cccnc3)C2)cc1. The Morgan fingerprint density at radius 2 is 1.92 bits per heavy atom. The van der Waals surface area contributed by atoms with Gasteiger partial charge in [-0.05, 0) is 65.7 Å². The summed E-state index contributed by atoms with van der Waals surface area (Å²) in [5, 5.41) is 0.646. The van der Waals surface area contributed by atoms with E-state index in [0.29, 0.717) is 54.1 Å². The molecule has 0 spiro atoms. The molecule has 3 aromatic carbocycles. The van der Waals surface area contributed by atoms with E-state index in [0.717, 1.165) is 22.3 Å². The number of hydrogen-bond acceptors (Lipinski definition) is 5. The summed E-state index contributed by atoms with van der Waals surface area (Å²) in [4.78, 5) is 19.3. The van der Waals surface area contributed by atoms with Crippen molar-refractivity contribution in [2.75, 3.05) is 20.3 Å². The molecule has 182 valence electrons. The van der Waals surface area contributed by atoms with E-state index >= 15 is 0 Å². The Hall–Kier alpha value is -4.03. The van der Waals surface area contributed by atoms with Crippen LogP contribution in [-0.2, 0) is 13.2 Å². The molecule has 1 aromatic heterocycles. The van der Waals surface area contributed by atoms with Crippen LogP contribution in [0.1, 0.15) is 21.5 Å². The number of ether oxygens (including phenoxy) is 3. The van der Waals surface area contributed by atoms with Gasteiger partial charge in [-0.3, -0.25) is 9.78 Å². The first kappa shape index (κ1) is 23.7. The molecule has 0 radical (unpaired) electrons. The number of methoxy groups -OCH3 is 1. The number of aromatic nitrogens is 1. The molecule has 1 amide bonds. The number of fused-ring (bicyclic) bond motifs is 1. The number of rotatable bonds is 6. The predicted molar refractivity (Wildman–Crippen MR) is 139 cm³/mol. The molecule has 36 heavy (non-hydrogen) atoms. The maximum atomic E-state index is 13.3. The molecule has 1 aliphatic rings. The summed E-state index contributed by atoms with van der Waals surface area (Å²) in [6, 6.07) is 22.6. The van der Waals surface area contributed by atoms with Crippen molar-refractivity contribution in [1.29, 1.82) is 0 Å². The summed E-state index contributed by atoms with van der Waals surface area (Å²) >= 11 is 6.27. The van der Waals surface area contributed by atoms with Crippen molar-refractivity contribution in [3.63, 3.8) is 0 Å². The lowest BCUT2D eigenvalue weighted by molar-refractivity contribution is 0.0733. The van der Waals surface area contributed by atoms with Gasteiger partial charge in [0.1, 0.15) is 19.0 Å². The fraction of sp³-hybridized carbons (Fsp3) is 0.172. The number of pyridine rings is 1. The number of hydrogen-bond donors (Lipinski definition) is 0. The normalized spacial score (nSPS) is 12.8. The van der Waals surface area contributed by atoms with Crippen molar-refractivity contribution in [2.45, 2.75) is 13.2 Å². The molecule has 0 aliphatic carbocycles. The Morgan fingerprint density at radius 3 is 2.67 bits per heavy atom. The Labute approximate surface area is 215 Å². The summed E-state index contributed by atoms with van der Waals surface area (Å²) in [5.74, 6) is 1.90. The summed E-state index contributed by atoms with van der Waals surface area (Å²) in [5.41, 5.74) is 4.30. The molecule has 5 rings (SSSR count). The molecule has 6 nitrogen and oxygen atoms in total. The second kappa shape index (κ2) is 10.7. The maximum absolute atomic E-state index is 13.3. The average Bonchev–Trinajstić information content (AvgIpc) is 3.14. The van der Waals surface area contributed by atoms with Gasteiger partial charge >= 0.3 is 0 Å². The number of halogens is 1. The van der Waals surface area contributed by atoms with Crippen LogP contribution in [0, 0.1) is 0 Å². The molecule has 0 N–H and O–H groups in total. The Bertz CT molecular complexity index is 1360.